The number of nitrogens with zero attached hydrogens (tertiary/aromatic N) is 1. The van der Waals surface area contributed by atoms with E-state index in [1.165, 1.54) is 0 Å². The second kappa shape index (κ2) is 11.0. The third-order valence-corrected chi connectivity index (χ3v) is 8.42. The highest BCUT2D eigenvalue weighted by molar-refractivity contribution is 5.88. The molecule has 0 radical (unpaired) electrons. The van der Waals surface area contributed by atoms with Gasteiger partial charge in [0.05, 0.1) is 54.5 Å². The summed E-state index contributed by atoms with van der Waals surface area (Å²) in [4.78, 5) is 31.0. The van der Waals surface area contributed by atoms with E-state index < -0.39 is 23.5 Å². The van der Waals surface area contributed by atoms with Crippen molar-refractivity contribution in [2.24, 2.45) is 17.3 Å². The molecule has 9 nitrogen and oxygen atoms in total. The molecule has 9 heteroatoms. The first-order valence-corrected chi connectivity index (χ1v) is 13.5. The number of ketones is 1. The lowest BCUT2D eigenvalue weighted by molar-refractivity contribution is -0.144. The SMILES string of the molecule is Cc1nc(C=C[C@@H]2CC3OC3(C)CCC[C@H](C)[C@@H](O)[C@@H](CC3CO3)C(=O)C(C)(C)[C@@H](O)CC(=O)N2)co1. The lowest BCUT2D eigenvalue weighted by Gasteiger charge is -2.36. The fraction of sp³-hybridized carbons (Fsp3) is 0.750. The monoisotopic (exact) mass is 518 g/mol. The number of fused-ring (bicyclic) bond motifs is 1. The highest BCUT2D eigenvalue weighted by Gasteiger charge is 2.52. The fourth-order valence-electron chi connectivity index (χ4n) is 5.47. The maximum Gasteiger partial charge on any atom is 0.223 e. The van der Waals surface area contributed by atoms with Gasteiger partial charge in [-0.3, -0.25) is 9.59 Å². The topological polar surface area (TPSA) is 138 Å². The standard InChI is InChI=1S/C28H42N2O7/c1-16-7-6-10-28(5)23(37-28)11-18(8-9-19-14-35-17(2)29-19)30-24(32)13-22(31)27(3,4)26(34)21(25(16)33)12-20-15-36-20/h8-9,14,16,18,20-23,25,31,33H,6-7,10-13,15H2,1-5H3,(H,30,32)/t16-,18+,20?,21+,22-,23?,25+,28?/m0/s1. The first kappa shape index (κ1) is 28.0. The molecule has 4 heterocycles. The predicted molar refractivity (Wildman–Crippen MR) is 136 cm³/mol. The van der Waals surface area contributed by atoms with Gasteiger partial charge in [0.1, 0.15) is 17.7 Å². The van der Waals surface area contributed by atoms with E-state index in [4.69, 9.17) is 13.9 Å². The molecular weight excluding hydrogens is 476 g/mol. The largest absolute Gasteiger partial charge is 0.449 e. The first-order chi connectivity index (χ1) is 17.4. The van der Waals surface area contributed by atoms with Crippen molar-refractivity contribution in [3.8, 4) is 0 Å². The molecule has 3 unspecified atom stereocenters. The van der Waals surface area contributed by atoms with E-state index in [9.17, 15) is 19.8 Å². The quantitative estimate of drug-likeness (QED) is 0.517. The van der Waals surface area contributed by atoms with Gasteiger partial charge in [-0.25, -0.2) is 4.98 Å². The van der Waals surface area contributed by atoms with Gasteiger partial charge in [-0.15, -0.1) is 0 Å². The molecule has 0 aromatic carbocycles. The number of ether oxygens (including phenoxy) is 2. The van der Waals surface area contributed by atoms with Crippen molar-refractivity contribution in [1.29, 1.82) is 0 Å². The number of epoxide rings is 2. The molecule has 1 aromatic rings. The Morgan fingerprint density at radius 1 is 1.24 bits per heavy atom. The van der Waals surface area contributed by atoms with Gasteiger partial charge in [0, 0.05) is 19.3 Å². The van der Waals surface area contributed by atoms with Crippen molar-refractivity contribution in [3.05, 3.63) is 23.9 Å². The highest BCUT2D eigenvalue weighted by Crippen LogP contribution is 2.44. The Labute approximate surface area is 219 Å². The molecule has 4 rings (SSSR count). The Morgan fingerprint density at radius 3 is 2.62 bits per heavy atom. The Kier molecular flexibility index (Phi) is 8.28. The summed E-state index contributed by atoms with van der Waals surface area (Å²) in [6, 6.07) is -0.337. The number of amides is 1. The Morgan fingerprint density at radius 2 is 1.97 bits per heavy atom. The Balaban J connectivity index is 1.55. The number of carbonyl (C=O) groups is 2. The molecule has 0 saturated carbocycles. The molecule has 3 N–H and O–H groups in total. The van der Waals surface area contributed by atoms with Gasteiger partial charge < -0.3 is 29.4 Å². The van der Waals surface area contributed by atoms with Gasteiger partial charge in [-0.2, -0.15) is 0 Å². The molecule has 8 atom stereocenters. The van der Waals surface area contributed by atoms with Crippen LogP contribution in [0.2, 0.25) is 0 Å². The number of oxazole rings is 1. The Bertz CT molecular complexity index is 1000. The summed E-state index contributed by atoms with van der Waals surface area (Å²) in [5.74, 6) is -0.792. The zero-order valence-corrected chi connectivity index (χ0v) is 22.6. The molecule has 206 valence electrons. The second-order valence-corrected chi connectivity index (χ2v) is 11.9. The average Bonchev–Trinajstić information content (AvgIpc) is 3.72. The van der Waals surface area contributed by atoms with Gasteiger partial charge in [0.2, 0.25) is 5.91 Å². The number of carbonyl (C=O) groups excluding carboxylic acids is 2. The van der Waals surface area contributed by atoms with E-state index in [2.05, 4.69) is 17.2 Å². The molecule has 1 aromatic heterocycles. The molecule has 1 amide bonds. The van der Waals surface area contributed by atoms with Crippen LogP contribution in [0.25, 0.3) is 6.08 Å². The average molecular weight is 519 g/mol. The Hall–Kier alpha value is -2.07. The van der Waals surface area contributed by atoms with Crippen molar-refractivity contribution < 1.29 is 33.7 Å². The van der Waals surface area contributed by atoms with Crippen LogP contribution in [0.5, 0.6) is 0 Å². The number of aliphatic hydroxyl groups excluding tert-OH is 2. The summed E-state index contributed by atoms with van der Waals surface area (Å²) in [6.07, 6.45) is 6.33. The molecule has 37 heavy (non-hydrogen) atoms. The van der Waals surface area contributed by atoms with E-state index in [0.29, 0.717) is 31.0 Å². The first-order valence-electron chi connectivity index (χ1n) is 13.5. The van der Waals surface area contributed by atoms with E-state index >= 15 is 0 Å². The minimum Gasteiger partial charge on any atom is -0.449 e. The molecule has 0 spiro atoms. The zero-order valence-electron chi connectivity index (χ0n) is 22.6. The van der Waals surface area contributed by atoms with Gasteiger partial charge in [-0.1, -0.05) is 33.3 Å². The van der Waals surface area contributed by atoms with Crippen LogP contribution in [0.1, 0.15) is 77.8 Å². The molecule has 0 bridgehead atoms. The maximum absolute atomic E-state index is 13.7. The normalized spacial score (nSPS) is 39.3. The van der Waals surface area contributed by atoms with Crippen molar-refractivity contribution in [2.75, 3.05) is 6.61 Å². The number of hydrogen-bond acceptors (Lipinski definition) is 8. The number of nitrogens with one attached hydrogen (secondary N) is 1. The van der Waals surface area contributed by atoms with Crippen LogP contribution in [0, 0.1) is 24.2 Å². The number of aryl methyl sites for hydroxylation is 1. The number of aromatic nitrogens is 1. The number of hydrogen-bond donors (Lipinski definition) is 3. The van der Waals surface area contributed by atoms with Gasteiger partial charge in [0.15, 0.2) is 5.89 Å². The van der Waals surface area contributed by atoms with Crippen LogP contribution < -0.4 is 5.32 Å². The molecule has 3 aliphatic rings. The predicted octanol–water partition coefficient (Wildman–Crippen LogP) is 2.96. The summed E-state index contributed by atoms with van der Waals surface area (Å²) in [6.45, 7) is 9.70. The third-order valence-electron chi connectivity index (χ3n) is 8.42. The van der Waals surface area contributed by atoms with Gasteiger partial charge in [0.25, 0.3) is 0 Å². The van der Waals surface area contributed by atoms with Crippen LogP contribution in [-0.2, 0) is 19.1 Å². The number of Topliss-reactive ketones (excluding diaryl/α,β-unsaturated/α-hetero) is 1. The zero-order chi connectivity index (χ0) is 27.0. The molecule has 3 fully saturated rings. The lowest BCUT2D eigenvalue weighted by atomic mass is 9.71. The third kappa shape index (κ3) is 6.88. The fourth-order valence-corrected chi connectivity index (χ4v) is 5.47. The van der Waals surface area contributed by atoms with Crippen molar-refractivity contribution in [3.63, 3.8) is 0 Å². The molecule has 3 aliphatic heterocycles. The van der Waals surface area contributed by atoms with Crippen molar-refractivity contribution >= 4 is 17.8 Å². The summed E-state index contributed by atoms with van der Waals surface area (Å²) < 4.78 is 16.7. The highest BCUT2D eigenvalue weighted by atomic mass is 16.6. The van der Waals surface area contributed by atoms with Crippen molar-refractivity contribution in [1.82, 2.24) is 10.3 Å². The summed E-state index contributed by atoms with van der Waals surface area (Å²) in [7, 11) is 0. The minimum atomic E-state index is -1.21. The van der Waals surface area contributed by atoms with E-state index in [0.717, 1.165) is 19.3 Å². The number of rotatable bonds is 4. The molecule has 0 aliphatic carbocycles. The smallest absolute Gasteiger partial charge is 0.223 e. The van der Waals surface area contributed by atoms with Crippen LogP contribution in [0.3, 0.4) is 0 Å². The number of aliphatic hydroxyl groups is 2. The summed E-state index contributed by atoms with van der Waals surface area (Å²) in [5, 5.41) is 25.3. The molecule has 3 saturated heterocycles. The van der Waals surface area contributed by atoms with Crippen molar-refractivity contribution in [2.45, 2.75) is 109 Å². The van der Waals surface area contributed by atoms with E-state index in [1.54, 1.807) is 33.1 Å². The molecular formula is C28H42N2O7. The van der Waals surface area contributed by atoms with Crippen LogP contribution in [-0.4, -0.2) is 69.6 Å². The lowest BCUT2D eigenvalue weighted by Crippen LogP contribution is -2.48. The van der Waals surface area contributed by atoms with E-state index in [1.807, 2.05) is 13.0 Å². The maximum atomic E-state index is 13.7. The minimum absolute atomic E-state index is 0.0164. The van der Waals surface area contributed by atoms with Crippen LogP contribution in [0.4, 0.5) is 0 Å². The summed E-state index contributed by atoms with van der Waals surface area (Å²) >= 11 is 0. The summed E-state index contributed by atoms with van der Waals surface area (Å²) in [5.41, 5.74) is -0.846. The van der Waals surface area contributed by atoms with Crippen LogP contribution in [0.15, 0.2) is 16.8 Å². The second-order valence-electron chi connectivity index (χ2n) is 11.9. The van der Waals surface area contributed by atoms with Crippen LogP contribution >= 0.6 is 0 Å². The van der Waals surface area contributed by atoms with E-state index in [-0.39, 0.29) is 47.9 Å². The van der Waals surface area contributed by atoms with Gasteiger partial charge in [-0.05, 0) is 38.2 Å². The van der Waals surface area contributed by atoms with Gasteiger partial charge >= 0.3 is 0 Å².